The topological polar surface area (TPSA) is 56.2 Å². The van der Waals surface area contributed by atoms with Gasteiger partial charge in [-0.15, -0.1) is 0 Å². The van der Waals surface area contributed by atoms with Crippen molar-refractivity contribution in [2.24, 2.45) is 0 Å². The molecule has 0 saturated heterocycles. The lowest BCUT2D eigenvalue weighted by molar-refractivity contribution is -0.150. The van der Waals surface area contributed by atoms with Crippen LogP contribution in [0.5, 0.6) is 0 Å². The summed E-state index contributed by atoms with van der Waals surface area (Å²) < 4.78 is 6.99. The van der Waals surface area contributed by atoms with E-state index >= 15 is 0 Å². The van der Waals surface area contributed by atoms with Crippen molar-refractivity contribution in [1.82, 2.24) is 15.1 Å². The Morgan fingerprint density at radius 3 is 2.60 bits per heavy atom. The van der Waals surface area contributed by atoms with Crippen molar-refractivity contribution < 1.29 is 9.53 Å². The van der Waals surface area contributed by atoms with Crippen LogP contribution < -0.4 is 5.32 Å². The van der Waals surface area contributed by atoms with Crippen LogP contribution in [0.15, 0.2) is 0 Å². The number of esters is 1. The van der Waals surface area contributed by atoms with Crippen molar-refractivity contribution in [1.29, 1.82) is 0 Å². The number of aryl methyl sites for hydroxylation is 2. The second-order valence-electron chi connectivity index (χ2n) is 5.11. The Kier molecular flexibility index (Phi) is 6.02. The SMILES string of the molecule is CCOC(=O)C(C)(CCCn1nc(C)c(Cl)c1C)NC. The summed E-state index contributed by atoms with van der Waals surface area (Å²) >= 11 is 6.12. The van der Waals surface area contributed by atoms with Crippen LogP contribution in [0.1, 0.15) is 38.1 Å². The van der Waals surface area contributed by atoms with Crippen molar-refractivity contribution >= 4 is 17.6 Å². The van der Waals surface area contributed by atoms with Crippen LogP contribution in [0.25, 0.3) is 0 Å². The van der Waals surface area contributed by atoms with E-state index in [1.54, 1.807) is 7.05 Å². The third-order valence-corrected chi connectivity index (χ3v) is 4.16. The molecule has 0 aliphatic rings. The van der Waals surface area contributed by atoms with Gasteiger partial charge >= 0.3 is 5.97 Å². The summed E-state index contributed by atoms with van der Waals surface area (Å²) in [4.78, 5) is 11.9. The summed E-state index contributed by atoms with van der Waals surface area (Å²) in [5.41, 5.74) is 1.15. The first-order valence-electron chi connectivity index (χ1n) is 6.91. The Balaban J connectivity index is 2.61. The summed E-state index contributed by atoms with van der Waals surface area (Å²) in [6.45, 7) is 8.64. The van der Waals surface area contributed by atoms with Gasteiger partial charge in [0, 0.05) is 6.54 Å². The molecule has 0 fully saturated rings. The Bertz CT molecular complexity index is 473. The Morgan fingerprint density at radius 1 is 1.50 bits per heavy atom. The number of nitrogens with one attached hydrogen (secondary N) is 1. The number of hydrogen-bond donors (Lipinski definition) is 1. The molecule has 20 heavy (non-hydrogen) atoms. The van der Waals surface area contributed by atoms with Gasteiger partial charge in [0.25, 0.3) is 0 Å². The van der Waals surface area contributed by atoms with Gasteiger partial charge in [-0.25, -0.2) is 0 Å². The molecule has 1 aromatic heterocycles. The molecule has 1 aromatic rings. The fourth-order valence-electron chi connectivity index (χ4n) is 2.09. The van der Waals surface area contributed by atoms with Crippen molar-refractivity contribution in [3.8, 4) is 0 Å². The fourth-order valence-corrected chi connectivity index (χ4v) is 2.23. The molecule has 1 rings (SSSR count). The van der Waals surface area contributed by atoms with Gasteiger partial charge in [0.2, 0.25) is 0 Å². The van der Waals surface area contributed by atoms with Gasteiger partial charge in [-0.2, -0.15) is 5.10 Å². The first kappa shape index (κ1) is 17.0. The molecular formula is C14H24ClN3O2. The van der Waals surface area contributed by atoms with E-state index in [9.17, 15) is 4.79 Å². The second-order valence-corrected chi connectivity index (χ2v) is 5.49. The van der Waals surface area contributed by atoms with Crippen LogP contribution in [-0.4, -0.2) is 34.9 Å². The van der Waals surface area contributed by atoms with E-state index in [1.165, 1.54) is 0 Å². The van der Waals surface area contributed by atoms with Crippen LogP contribution in [0.3, 0.4) is 0 Å². The van der Waals surface area contributed by atoms with Crippen LogP contribution in [0, 0.1) is 13.8 Å². The molecule has 0 amide bonds. The highest BCUT2D eigenvalue weighted by atomic mass is 35.5. The molecule has 114 valence electrons. The highest BCUT2D eigenvalue weighted by Crippen LogP contribution is 2.20. The van der Waals surface area contributed by atoms with E-state index in [1.807, 2.05) is 32.4 Å². The molecule has 0 aliphatic heterocycles. The molecule has 0 saturated carbocycles. The number of hydrogen-bond acceptors (Lipinski definition) is 4. The van der Waals surface area contributed by atoms with Crippen molar-refractivity contribution in [2.75, 3.05) is 13.7 Å². The number of rotatable bonds is 7. The van der Waals surface area contributed by atoms with Crippen molar-refractivity contribution in [3.05, 3.63) is 16.4 Å². The van der Waals surface area contributed by atoms with Gasteiger partial charge in [0.05, 0.1) is 23.0 Å². The van der Waals surface area contributed by atoms with Gasteiger partial charge < -0.3 is 10.1 Å². The zero-order valence-electron chi connectivity index (χ0n) is 12.9. The van der Waals surface area contributed by atoms with Gasteiger partial charge in [-0.3, -0.25) is 9.48 Å². The first-order valence-corrected chi connectivity index (χ1v) is 7.29. The molecule has 5 nitrogen and oxygen atoms in total. The molecule has 0 radical (unpaired) electrons. The minimum absolute atomic E-state index is 0.214. The zero-order valence-corrected chi connectivity index (χ0v) is 13.7. The molecule has 0 bridgehead atoms. The Morgan fingerprint density at radius 2 is 2.15 bits per heavy atom. The number of aromatic nitrogens is 2. The summed E-state index contributed by atoms with van der Waals surface area (Å²) in [5, 5.41) is 8.15. The third-order valence-electron chi connectivity index (χ3n) is 3.62. The average Bonchev–Trinajstić information content (AvgIpc) is 2.66. The van der Waals surface area contributed by atoms with Crippen molar-refractivity contribution in [2.45, 2.75) is 52.6 Å². The molecule has 0 aliphatic carbocycles. The van der Waals surface area contributed by atoms with E-state index in [0.29, 0.717) is 18.1 Å². The number of likely N-dealkylation sites (N-methyl/N-ethyl adjacent to an activating group) is 1. The molecule has 6 heteroatoms. The lowest BCUT2D eigenvalue weighted by atomic mass is 9.96. The normalized spacial score (nSPS) is 14.1. The predicted molar refractivity (Wildman–Crippen MR) is 80.0 cm³/mol. The first-order chi connectivity index (χ1) is 9.35. The minimum atomic E-state index is -0.657. The Hall–Kier alpha value is -1.07. The van der Waals surface area contributed by atoms with E-state index in [-0.39, 0.29) is 5.97 Å². The number of ether oxygens (including phenoxy) is 1. The summed E-state index contributed by atoms with van der Waals surface area (Å²) in [6, 6.07) is 0. The molecule has 1 heterocycles. The molecule has 1 N–H and O–H groups in total. The summed E-state index contributed by atoms with van der Waals surface area (Å²) in [7, 11) is 1.77. The average molecular weight is 302 g/mol. The number of nitrogens with zero attached hydrogens (tertiary/aromatic N) is 2. The van der Waals surface area contributed by atoms with Crippen molar-refractivity contribution in [3.63, 3.8) is 0 Å². The van der Waals surface area contributed by atoms with Gasteiger partial charge in [-0.05, 0) is 47.6 Å². The lowest BCUT2D eigenvalue weighted by Crippen LogP contribution is -2.48. The van der Waals surface area contributed by atoms with E-state index in [4.69, 9.17) is 16.3 Å². The van der Waals surface area contributed by atoms with E-state index in [2.05, 4.69) is 10.4 Å². The fraction of sp³-hybridized carbons (Fsp3) is 0.714. The molecule has 1 unspecified atom stereocenters. The maximum atomic E-state index is 11.9. The summed E-state index contributed by atoms with van der Waals surface area (Å²) in [6.07, 6.45) is 1.49. The maximum Gasteiger partial charge on any atom is 0.326 e. The lowest BCUT2D eigenvalue weighted by Gasteiger charge is -2.26. The Labute approximate surface area is 125 Å². The molecule has 1 atom stereocenters. The van der Waals surface area contributed by atoms with Crippen LogP contribution >= 0.6 is 11.6 Å². The second kappa shape index (κ2) is 7.09. The number of carbonyl (C=O) groups excluding carboxylic acids is 1. The van der Waals surface area contributed by atoms with Crippen LogP contribution in [-0.2, 0) is 16.1 Å². The minimum Gasteiger partial charge on any atom is -0.465 e. The zero-order chi connectivity index (χ0) is 15.3. The predicted octanol–water partition coefficient (Wildman–Crippen LogP) is 2.47. The summed E-state index contributed by atoms with van der Waals surface area (Å²) in [5.74, 6) is -0.214. The largest absolute Gasteiger partial charge is 0.465 e. The smallest absolute Gasteiger partial charge is 0.326 e. The number of halogens is 1. The van der Waals surface area contributed by atoms with Gasteiger partial charge in [-0.1, -0.05) is 11.6 Å². The van der Waals surface area contributed by atoms with Crippen LogP contribution in [0.4, 0.5) is 0 Å². The van der Waals surface area contributed by atoms with E-state index in [0.717, 1.165) is 24.4 Å². The van der Waals surface area contributed by atoms with Crippen LogP contribution in [0.2, 0.25) is 5.02 Å². The third kappa shape index (κ3) is 3.73. The highest BCUT2D eigenvalue weighted by Gasteiger charge is 2.32. The van der Waals surface area contributed by atoms with Gasteiger partial charge in [0.15, 0.2) is 0 Å². The standard InChI is InChI=1S/C14H24ClN3O2/c1-6-20-13(19)14(4,16-5)8-7-9-18-11(3)12(15)10(2)17-18/h16H,6-9H2,1-5H3. The van der Waals surface area contributed by atoms with E-state index < -0.39 is 5.54 Å². The number of carbonyl (C=O) groups is 1. The molecule has 0 spiro atoms. The maximum absolute atomic E-state index is 11.9. The van der Waals surface area contributed by atoms with Gasteiger partial charge in [0.1, 0.15) is 5.54 Å². The molecular weight excluding hydrogens is 278 g/mol. The quantitative estimate of drug-likeness (QED) is 0.786. The monoisotopic (exact) mass is 301 g/mol. The highest BCUT2D eigenvalue weighted by molar-refractivity contribution is 6.31. The molecule has 0 aromatic carbocycles.